The fourth-order valence-corrected chi connectivity index (χ4v) is 3.11. The molecule has 4 aromatic rings. The zero-order chi connectivity index (χ0) is 16.0. The number of hydrogen-bond donors (Lipinski definition) is 1. The van der Waals surface area contributed by atoms with Crippen LogP contribution in [0.5, 0.6) is 0 Å². The van der Waals surface area contributed by atoms with Crippen LogP contribution in [-0.4, -0.2) is 25.0 Å². The molecule has 2 heterocycles. The lowest BCUT2D eigenvalue weighted by molar-refractivity contribution is 0.0690. The number of nitrogens with zero attached hydrogens (tertiary/aromatic N) is 3. The zero-order valence-electron chi connectivity index (χ0n) is 12.6. The maximum atomic E-state index is 11.9. The molecule has 0 saturated heterocycles. The monoisotopic (exact) mass is 305 g/mol. The van der Waals surface area contributed by atoms with Crippen molar-refractivity contribution in [2.75, 3.05) is 0 Å². The van der Waals surface area contributed by atoms with E-state index in [1.807, 2.05) is 66.1 Å². The number of carbonyl (C=O) groups is 1. The van der Waals surface area contributed by atoms with Crippen LogP contribution < -0.4 is 0 Å². The molecule has 0 amide bonds. The number of hydrogen-bond acceptors (Lipinski definition) is 2. The predicted molar refractivity (Wildman–Crippen MR) is 88.8 cm³/mol. The van der Waals surface area contributed by atoms with Crippen molar-refractivity contribution >= 4 is 22.8 Å². The molecule has 0 fully saturated rings. The molecule has 0 unspecified atom stereocenters. The Morgan fingerprint density at radius 1 is 1.04 bits per heavy atom. The molecule has 114 valence electrons. The van der Waals surface area contributed by atoms with E-state index in [1.165, 1.54) is 0 Å². The number of carboxylic acid groups (broad SMARTS) is 1. The van der Waals surface area contributed by atoms with Crippen LogP contribution in [0.4, 0.5) is 0 Å². The molecular weight excluding hydrogens is 290 g/mol. The van der Waals surface area contributed by atoms with E-state index in [4.69, 9.17) is 0 Å². The van der Waals surface area contributed by atoms with Crippen molar-refractivity contribution in [3.63, 3.8) is 0 Å². The molecule has 2 aromatic heterocycles. The first kappa shape index (κ1) is 13.6. The maximum Gasteiger partial charge on any atom is 0.355 e. The largest absolute Gasteiger partial charge is 0.476 e. The zero-order valence-corrected chi connectivity index (χ0v) is 12.6. The number of fused-ring (bicyclic) bond motifs is 3. The predicted octanol–water partition coefficient (Wildman–Crippen LogP) is 3.67. The summed E-state index contributed by atoms with van der Waals surface area (Å²) < 4.78 is 3.78. The van der Waals surface area contributed by atoms with Gasteiger partial charge in [-0.2, -0.15) is 0 Å². The third-order valence-corrected chi connectivity index (χ3v) is 4.08. The Labute approximate surface area is 132 Å². The van der Waals surface area contributed by atoms with E-state index in [0.29, 0.717) is 11.5 Å². The Morgan fingerprint density at radius 2 is 1.70 bits per heavy atom. The first-order chi connectivity index (χ1) is 11.2. The topological polar surface area (TPSA) is 59.5 Å². The Hall–Kier alpha value is -3.08. The van der Waals surface area contributed by atoms with Crippen molar-refractivity contribution in [1.29, 1.82) is 0 Å². The van der Waals surface area contributed by atoms with Gasteiger partial charge in [0.15, 0.2) is 5.69 Å². The van der Waals surface area contributed by atoms with Gasteiger partial charge in [0.05, 0.1) is 11.0 Å². The van der Waals surface area contributed by atoms with Gasteiger partial charge in [-0.15, -0.1) is 0 Å². The lowest BCUT2D eigenvalue weighted by atomic mass is 10.1. The van der Waals surface area contributed by atoms with Crippen LogP contribution in [0, 0.1) is 0 Å². The molecule has 0 bridgehead atoms. The van der Waals surface area contributed by atoms with Crippen LogP contribution in [0.25, 0.3) is 28.1 Å². The first-order valence-corrected chi connectivity index (χ1v) is 7.50. The van der Waals surface area contributed by atoms with Gasteiger partial charge < -0.3 is 9.67 Å². The lowest BCUT2D eigenvalue weighted by Gasteiger charge is -2.01. The van der Waals surface area contributed by atoms with Crippen molar-refractivity contribution < 1.29 is 9.90 Å². The molecule has 5 nitrogen and oxygen atoms in total. The van der Waals surface area contributed by atoms with Crippen LogP contribution in [-0.2, 0) is 6.54 Å². The number of aryl methyl sites for hydroxylation is 1. The Kier molecular flexibility index (Phi) is 2.94. The van der Waals surface area contributed by atoms with Gasteiger partial charge in [0.25, 0.3) is 0 Å². The second kappa shape index (κ2) is 4.98. The first-order valence-electron chi connectivity index (χ1n) is 7.50. The summed E-state index contributed by atoms with van der Waals surface area (Å²) in [7, 11) is 0. The highest BCUT2D eigenvalue weighted by Gasteiger charge is 2.24. The van der Waals surface area contributed by atoms with Crippen molar-refractivity contribution in [2.45, 2.75) is 13.5 Å². The molecule has 1 N–H and O–H groups in total. The number of imidazole rings is 2. The summed E-state index contributed by atoms with van der Waals surface area (Å²) in [6, 6.07) is 17.2. The molecule has 0 aliphatic carbocycles. The molecule has 0 saturated carbocycles. The van der Waals surface area contributed by atoms with Gasteiger partial charge in [-0.1, -0.05) is 42.5 Å². The Balaban J connectivity index is 2.19. The summed E-state index contributed by atoms with van der Waals surface area (Å²) in [6.45, 7) is 2.76. The van der Waals surface area contributed by atoms with Gasteiger partial charge in [0.2, 0.25) is 5.78 Å². The number of benzene rings is 2. The molecule has 23 heavy (non-hydrogen) atoms. The van der Waals surface area contributed by atoms with Gasteiger partial charge in [0, 0.05) is 12.1 Å². The van der Waals surface area contributed by atoms with Gasteiger partial charge in [0.1, 0.15) is 5.69 Å². The molecule has 0 aliphatic heterocycles. The van der Waals surface area contributed by atoms with Gasteiger partial charge in [-0.05, 0) is 19.1 Å². The highest BCUT2D eigenvalue weighted by atomic mass is 16.4. The Bertz CT molecular complexity index is 1030. The van der Waals surface area contributed by atoms with E-state index in [1.54, 1.807) is 4.40 Å². The van der Waals surface area contributed by atoms with E-state index >= 15 is 0 Å². The second-order valence-electron chi connectivity index (χ2n) is 5.35. The molecular formula is C18H15N3O2. The van der Waals surface area contributed by atoms with Crippen molar-refractivity contribution in [2.24, 2.45) is 0 Å². The molecule has 0 aliphatic rings. The Morgan fingerprint density at radius 3 is 2.35 bits per heavy atom. The summed E-state index contributed by atoms with van der Waals surface area (Å²) >= 11 is 0. The number of aromatic nitrogens is 3. The summed E-state index contributed by atoms with van der Waals surface area (Å²) in [5.41, 5.74) is 3.35. The van der Waals surface area contributed by atoms with E-state index in [2.05, 4.69) is 4.98 Å². The lowest BCUT2D eigenvalue weighted by Crippen LogP contribution is -2.03. The van der Waals surface area contributed by atoms with Gasteiger partial charge in [-0.3, -0.25) is 4.40 Å². The van der Waals surface area contributed by atoms with Crippen molar-refractivity contribution in [3.05, 3.63) is 60.3 Å². The minimum absolute atomic E-state index is 0.203. The summed E-state index contributed by atoms with van der Waals surface area (Å²) in [5, 5.41) is 9.79. The highest BCUT2D eigenvalue weighted by molar-refractivity contribution is 5.97. The van der Waals surface area contributed by atoms with E-state index in [0.717, 1.165) is 23.1 Å². The van der Waals surface area contributed by atoms with E-state index in [9.17, 15) is 9.90 Å². The normalized spacial score (nSPS) is 11.3. The fourth-order valence-electron chi connectivity index (χ4n) is 3.11. The summed E-state index contributed by atoms with van der Waals surface area (Å²) in [4.78, 5) is 16.6. The van der Waals surface area contributed by atoms with Gasteiger partial charge >= 0.3 is 5.97 Å². The second-order valence-corrected chi connectivity index (χ2v) is 5.35. The third kappa shape index (κ3) is 1.86. The van der Waals surface area contributed by atoms with Crippen LogP contribution >= 0.6 is 0 Å². The molecule has 0 atom stereocenters. The number of rotatable bonds is 3. The smallest absolute Gasteiger partial charge is 0.355 e. The minimum Gasteiger partial charge on any atom is -0.476 e. The van der Waals surface area contributed by atoms with Crippen molar-refractivity contribution in [1.82, 2.24) is 14.0 Å². The SMILES string of the molecule is CCn1c2ccccc2n2c(C(=O)O)c(-c3ccccc3)nc12. The standard InChI is InChI=1S/C18H15N3O2/c1-2-20-13-10-6-7-11-14(13)21-16(17(22)23)15(19-18(20)21)12-8-4-3-5-9-12/h3-11H,2H2,1H3,(H,22,23). The van der Waals surface area contributed by atoms with Crippen molar-refractivity contribution in [3.8, 4) is 11.3 Å². The molecule has 5 heteroatoms. The molecule has 0 radical (unpaired) electrons. The van der Waals surface area contributed by atoms with Crippen LogP contribution in [0.2, 0.25) is 0 Å². The average Bonchev–Trinajstić information content (AvgIpc) is 3.10. The van der Waals surface area contributed by atoms with E-state index < -0.39 is 5.97 Å². The quantitative estimate of drug-likeness (QED) is 0.628. The molecule has 2 aromatic carbocycles. The fraction of sp³-hybridized carbons (Fsp3) is 0.111. The highest BCUT2D eigenvalue weighted by Crippen LogP contribution is 2.29. The maximum absolute atomic E-state index is 11.9. The average molecular weight is 305 g/mol. The van der Waals surface area contributed by atoms with Gasteiger partial charge in [-0.25, -0.2) is 9.78 Å². The van der Waals surface area contributed by atoms with E-state index in [-0.39, 0.29) is 5.69 Å². The minimum atomic E-state index is -0.977. The molecule has 4 rings (SSSR count). The number of para-hydroxylation sites is 2. The summed E-state index contributed by atoms with van der Waals surface area (Å²) in [5.74, 6) is -0.319. The van der Waals surface area contributed by atoms with Crippen LogP contribution in [0.15, 0.2) is 54.6 Å². The van der Waals surface area contributed by atoms with Crippen LogP contribution in [0.1, 0.15) is 17.4 Å². The molecule has 0 spiro atoms. The number of aromatic carboxylic acids is 1. The van der Waals surface area contributed by atoms with Crippen LogP contribution in [0.3, 0.4) is 0 Å². The summed E-state index contributed by atoms with van der Waals surface area (Å²) in [6.07, 6.45) is 0. The number of carboxylic acids is 1. The third-order valence-electron chi connectivity index (χ3n) is 4.08.